The number of amides is 1. The molecule has 154 valence electrons. The quantitative estimate of drug-likeness (QED) is 0.747. The zero-order valence-electron chi connectivity index (χ0n) is 17.0. The number of nitrogens with two attached hydrogens (primary N) is 1. The van der Waals surface area contributed by atoms with Crippen LogP contribution in [0.2, 0.25) is 0 Å². The molecule has 0 saturated carbocycles. The summed E-state index contributed by atoms with van der Waals surface area (Å²) in [5, 5.41) is 2.74. The van der Waals surface area contributed by atoms with Gasteiger partial charge in [0.2, 0.25) is 11.8 Å². The van der Waals surface area contributed by atoms with Crippen LogP contribution in [0.15, 0.2) is 47.1 Å². The predicted octanol–water partition coefficient (Wildman–Crippen LogP) is 2.26. The molecule has 8 nitrogen and oxygen atoms in total. The Morgan fingerprint density at radius 3 is 2.45 bits per heavy atom. The summed E-state index contributed by atoms with van der Waals surface area (Å²) in [6.07, 6.45) is 0. The molecule has 2 heterocycles. The topological polar surface area (TPSA) is 117 Å². The Hall–Kier alpha value is -3.29. The van der Waals surface area contributed by atoms with Crippen molar-refractivity contribution in [2.75, 3.05) is 11.9 Å². The van der Waals surface area contributed by atoms with Gasteiger partial charge < -0.3 is 25.3 Å². The van der Waals surface area contributed by atoms with Gasteiger partial charge in [-0.3, -0.25) is 4.79 Å². The number of ether oxygens (including phenoxy) is 3. The molecule has 2 aliphatic rings. The van der Waals surface area contributed by atoms with Crippen molar-refractivity contribution >= 4 is 23.5 Å². The molecule has 8 heteroatoms. The van der Waals surface area contributed by atoms with Crippen LogP contribution in [0.25, 0.3) is 0 Å². The van der Waals surface area contributed by atoms with Crippen molar-refractivity contribution in [2.24, 2.45) is 5.73 Å². The standard InChI is InChI=1S/C21H24N2O6/c1-6-27-17(24)14-11(2)28-16(22)15(18(25)29-20(3,4)5)21(14)12-9-7-8-10-13(12)23-19(21)26/h7-10H,6,22H2,1-5H3,(H,23,26)/t21-/m0/s1. The fraction of sp³-hybridized carbons (Fsp3) is 0.381. The van der Waals surface area contributed by atoms with Crippen LogP contribution in [-0.2, 0) is 34.0 Å². The lowest BCUT2D eigenvalue weighted by atomic mass is 9.67. The number of rotatable bonds is 3. The zero-order chi connectivity index (χ0) is 21.6. The lowest BCUT2D eigenvalue weighted by molar-refractivity contribution is -0.152. The van der Waals surface area contributed by atoms with Gasteiger partial charge in [-0.1, -0.05) is 18.2 Å². The van der Waals surface area contributed by atoms with Crippen LogP contribution >= 0.6 is 0 Å². The molecule has 29 heavy (non-hydrogen) atoms. The number of hydrogen-bond acceptors (Lipinski definition) is 7. The summed E-state index contributed by atoms with van der Waals surface area (Å²) >= 11 is 0. The summed E-state index contributed by atoms with van der Waals surface area (Å²) in [6, 6.07) is 6.77. The van der Waals surface area contributed by atoms with Gasteiger partial charge in [0.15, 0.2) is 0 Å². The Balaban J connectivity index is 2.34. The van der Waals surface area contributed by atoms with E-state index in [1.54, 1.807) is 52.0 Å². The molecule has 3 rings (SSSR count). The smallest absolute Gasteiger partial charge is 0.341 e. The van der Waals surface area contributed by atoms with E-state index in [2.05, 4.69) is 5.32 Å². The molecule has 1 spiro atoms. The number of allylic oxidation sites excluding steroid dienone is 1. The largest absolute Gasteiger partial charge is 0.462 e. The van der Waals surface area contributed by atoms with E-state index < -0.39 is 28.9 Å². The summed E-state index contributed by atoms with van der Waals surface area (Å²) in [5.41, 5.74) is 3.91. The van der Waals surface area contributed by atoms with Crippen LogP contribution < -0.4 is 11.1 Å². The fourth-order valence-electron chi connectivity index (χ4n) is 3.68. The van der Waals surface area contributed by atoms with Crippen molar-refractivity contribution in [2.45, 2.75) is 45.6 Å². The van der Waals surface area contributed by atoms with Gasteiger partial charge in [-0.15, -0.1) is 0 Å². The molecule has 0 bridgehead atoms. The van der Waals surface area contributed by atoms with Crippen molar-refractivity contribution in [3.63, 3.8) is 0 Å². The number of carbonyl (C=O) groups excluding carboxylic acids is 3. The molecular formula is C21H24N2O6. The van der Waals surface area contributed by atoms with Gasteiger partial charge in [0.05, 0.1) is 6.61 Å². The number of nitrogens with one attached hydrogen (secondary N) is 1. The summed E-state index contributed by atoms with van der Waals surface area (Å²) < 4.78 is 16.2. The highest BCUT2D eigenvalue weighted by atomic mass is 16.6. The molecule has 1 amide bonds. The lowest BCUT2D eigenvalue weighted by Gasteiger charge is -2.36. The van der Waals surface area contributed by atoms with Crippen molar-refractivity contribution in [3.8, 4) is 0 Å². The zero-order valence-corrected chi connectivity index (χ0v) is 17.0. The number of anilines is 1. The third kappa shape index (κ3) is 3.14. The van der Waals surface area contributed by atoms with Gasteiger partial charge in [0.1, 0.15) is 27.9 Å². The van der Waals surface area contributed by atoms with Crippen LogP contribution in [0, 0.1) is 0 Å². The van der Waals surface area contributed by atoms with Crippen LogP contribution in [0.3, 0.4) is 0 Å². The second-order valence-electron chi connectivity index (χ2n) is 7.74. The Morgan fingerprint density at radius 1 is 1.17 bits per heavy atom. The summed E-state index contributed by atoms with van der Waals surface area (Å²) in [7, 11) is 0. The molecule has 3 N–H and O–H groups in total. The lowest BCUT2D eigenvalue weighted by Crippen LogP contribution is -2.49. The minimum Gasteiger partial charge on any atom is -0.462 e. The second-order valence-corrected chi connectivity index (χ2v) is 7.74. The average Bonchev–Trinajstić information content (AvgIpc) is 2.86. The highest BCUT2D eigenvalue weighted by molar-refractivity contribution is 6.21. The van der Waals surface area contributed by atoms with E-state index in [9.17, 15) is 14.4 Å². The van der Waals surface area contributed by atoms with E-state index in [1.165, 1.54) is 6.92 Å². The SMILES string of the molecule is CCOC(=O)C1=C(C)OC(N)=C(C(=O)OC(C)(C)C)[C@@]12C(=O)Nc1ccccc12. The van der Waals surface area contributed by atoms with E-state index in [-0.39, 0.29) is 29.4 Å². The van der Waals surface area contributed by atoms with Crippen molar-refractivity contribution in [1.82, 2.24) is 0 Å². The number of carbonyl (C=O) groups is 3. The number of fused-ring (bicyclic) bond motifs is 2. The first kappa shape index (κ1) is 20.4. The fourth-order valence-corrected chi connectivity index (χ4v) is 3.68. The number of hydrogen-bond donors (Lipinski definition) is 2. The highest BCUT2D eigenvalue weighted by Crippen LogP contribution is 2.52. The van der Waals surface area contributed by atoms with Crippen molar-refractivity contribution in [1.29, 1.82) is 0 Å². The summed E-state index contributed by atoms with van der Waals surface area (Å²) in [5.74, 6) is -2.44. The molecule has 0 fully saturated rings. The highest BCUT2D eigenvalue weighted by Gasteiger charge is 2.62. The molecule has 1 aromatic rings. The molecule has 0 aliphatic carbocycles. The number of benzene rings is 1. The average molecular weight is 400 g/mol. The first-order valence-electron chi connectivity index (χ1n) is 9.24. The van der Waals surface area contributed by atoms with Crippen molar-refractivity contribution in [3.05, 3.63) is 52.6 Å². The van der Waals surface area contributed by atoms with E-state index in [0.29, 0.717) is 11.3 Å². The van der Waals surface area contributed by atoms with Gasteiger partial charge in [-0.25, -0.2) is 9.59 Å². The predicted molar refractivity (Wildman–Crippen MR) is 104 cm³/mol. The van der Waals surface area contributed by atoms with Crippen LogP contribution in [0.1, 0.15) is 40.2 Å². The van der Waals surface area contributed by atoms with E-state index in [4.69, 9.17) is 19.9 Å². The maximum absolute atomic E-state index is 13.4. The van der Waals surface area contributed by atoms with Crippen LogP contribution in [0.5, 0.6) is 0 Å². The molecule has 0 saturated heterocycles. The van der Waals surface area contributed by atoms with E-state index >= 15 is 0 Å². The van der Waals surface area contributed by atoms with E-state index in [0.717, 1.165) is 0 Å². The maximum Gasteiger partial charge on any atom is 0.341 e. The number of para-hydroxylation sites is 1. The second kappa shape index (κ2) is 6.95. The first-order chi connectivity index (χ1) is 13.5. The van der Waals surface area contributed by atoms with Gasteiger partial charge in [0.25, 0.3) is 0 Å². The number of esters is 2. The Morgan fingerprint density at radius 2 is 1.83 bits per heavy atom. The third-order valence-electron chi connectivity index (χ3n) is 4.61. The molecule has 2 aliphatic heterocycles. The summed E-state index contributed by atoms with van der Waals surface area (Å²) in [4.78, 5) is 39.5. The minimum absolute atomic E-state index is 0.0793. The van der Waals surface area contributed by atoms with Crippen LogP contribution in [-0.4, -0.2) is 30.1 Å². The minimum atomic E-state index is -1.84. The molecule has 1 aromatic carbocycles. The summed E-state index contributed by atoms with van der Waals surface area (Å²) in [6.45, 7) is 8.29. The third-order valence-corrected chi connectivity index (χ3v) is 4.61. The Labute approximate surface area is 168 Å². The van der Waals surface area contributed by atoms with Crippen molar-refractivity contribution < 1.29 is 28.6 Å². The van der Waals surface area contributed by atoms with Gasteiger partial charge in [-0.2, -0.15) is 0 Å². The normalized spacial score (nSPS) is 20.9. The maximum atomic E-state index is 13.4. The van der Waals surface area contributed by atoms with Gasteiger partial charge in [-0.05, 0) is 40.7 Å². The molecule has 0 aromatic heterocycles. The Bertz CT molecular complexity index is 970. The van der Waals surface area contributed by atoms with E-state index in [1.807, 2.05) is 0 Å². The monoisotopic (exact) mass is 400 g/mol. The first-order valence-corrected chi connectivity index (χ1v) is 9.24. The molecule has 1 atom stereocenters. The molecule has 0 unspecified atom stereocenters. The van der Waals surface area contributed by atoms with Gasteiger partial charge >= 0.3 is 11.9 Å². The Kier molecular flexibility index (Phi) is 4.90. The molecule has 0 radical (unpaired) electrons. The molecular weight excluding hydrogens is 376 g/mol. The van der Waals surface area contributed by atoms with Crippen LogP contribution in [0.4, 0.5) is 5.69 Å². The van der Waals surface area contributed by atoms with Gasteiger partial charge in [0, 0.05) is 11.3 Å².